The van der Waals surface area contributed by atoms with E-state index < -0.39 is 9.05 Å². The molecule has 0 radical (unpaired) electrons. The van der Waals surface area contributed by atoms with Crippen LogP contribution < -0.4 is 0 Å². The van der Waals surface area contributed by atoms with Crippen LogP contribution in [0.3, 0.4) is 0 Å². The molecule has 0 aliphatic heterocycles. The molecule has 0 spiro atoms. The van der Waals surface area contributed by atoms with Gasteiger partial charge in [-0.25, -0.2) is 8.42 Å². The highest BCUT2D eigenvalue weighted by molar-refractivity contribution is 8.14. The number of H-pyrrole nitrogens is 1. The van der Waals surface area contributed by atoms with Crippen LogP contribution in [0.4, 0.5) is 0 Å². The van der Waals surface area contributed by atoms with Gasteiger partial charge in [0.05, 0.1) is 0 Å². The maximum atomic E-state index is 11.1. The predicted octanol–water partition coefficient (Wildman–Crippen LogP) is 2.10. The molecule has 0 atom stereocenters. The predicted molar refractivity (Wildman–Crippen MR) is 51.3 cm³/mol. The first-order valence-corrected chi connectivity index (χ1v) is 5.91. The van der Waals surface area contributed by atoms with Gasteiger partial charge < -0.3 is 4.98 Å². The van der Waals surface area contributed by atoms with Crippen LogP contribution in [0.25, 0.3) is 10.9 Å². The van der Waals surface area contributed by atoms with E-state index in [0.717, 1.165) is 5.52 Å². The summed E-state index contributed by atoms with van der Waals surface area (Å²) in [6.45, 7) is 0. The molecule has 0 saturated carbocycles. The molecule has 2 aromatic rings. The van der Waals surface area contributed by atoms with Crippen LogP contribution in [-0.4, -0.2) is 13.4 Å². The molecule has 13 heavy (non-hydrogen) atoms. The molecule has 0 bridgehead atoms. The van der Waals surface area contributed by atoms with Gasteiger partial charge >= 0.3 is 0 Å². The second-order valence-corrected chi connectivity index (χ2v) is 5.17. The third-order valence-corrected chi connectivity index (χ3v) is 3.18. The lowest BCUT2D eigenvalue weighted by Gasteiger charge is -1.91. The Bertz CT molecular complexity index is 544. The first kappa shape index (κ1) is 8.59. The zero-order valence-corrected chi connectivity index (χ0v) is 8.06. The number of hydrogen-bond donors (Lipinski definition) is 1. The van der Waals surface area contributed by atoms with Crippen LogP contribution in [0.15, 0.2) is 35.4 Å². The first-order chi connectivity index (χ1) is 6.09. The lowest BCUT2D eigenvalue weighted by atomic mass is 10.2. The van der Waals surface area contributed by atoms with Crippen LogP contribution in [0, 0.1) is 0 Å². The van der Waals surface area contributed by atoms with Gasteiger partial charge in [-0.15, -0.1) is 0 Å². The minimum Gasteiger partial charge on any atom is -0.360 e. The Hall–Kier alpha value is -1.00. The van der Waals surface area contributed by atoms with Crippen molar-refractivity contribution in [2.45, 2.75) is 4.90 Å². The topological polar surface area (TPSA) is 49.9 Å². The van der Waals surface area contributed by atoms with E-state index in [1.807, 2.05) is 6.07 Å². The Kier molecular flexibility index (Phi) is 1.82. The zero-order valence-electron chi connectivity index (χ0n) is 6.49. The number of rotatable bonds is 1. The van der Waals surface area contributed by atoms with Crippen molar-refractivity contribution >= 4 is 30.6 Å². The van der Waals surface area contributed by atoms with Crippen LogP contribution in [-0.2, 0) is 9.05 Å². The first-order valence-electron chi connectivity index (χ1n) is 3.60. The van der Waals surface area contributed by atoms with Gasteiger partial charge in [0.15, 0.2) is 0 Å². The van der Waals surface area contributed by atoms with E-state index in [2.05, 4.69) is 4.98 Å². The molecule has 0 unspecified atom stereocenters. The van der Waals surface area contributed by atoms with Gasteiger partial charge in [0.2, 0.25) is 0 Å². The van der Waals surface area contributed by atoms with Crippen molar-refractivity contribution in [2.75, 3.05) is 0 Å². The summed E-state index contributed by atoms with van der Waals surface area (Å²) in [7, 11) is 1.59. The van der Waals surface area contributed by atoms with Crippen molar-refractivity contribution in [3.8, 4) is 0 Å². The standard InChI is InChI=1S/C8H6ClNO2S/c9-13(11,12)8-5-10-7-4-2-1-3-6(7)8/h1-5,10H. The van der Waals surface area contributed by atoms with Crippen molar-refractivity contribution in [2.24, 2.45) is 0 Å². The summed E-state index contributed by atoms with van der Waals surface area (Å²) in [6, 6.07) is 7.09. The summed E-state index contributed by atoms with van der Waals surface area (Å²) >= 11 is 0. The van der Waals surface area contributed by atoms with E-state index in [1.165, 1.54) is 6.20 Å². The Morgan fingerprint density at radius 2 is 1.92 bits per heavy atom. The number of halogens is 1. The Labute approximate surface area is 79.8 Å². The lowest BCUT2D eigenvalue weighted by Crippen LogP contribution is -1.87. The average molecular weight is 216 g/mol. The van der Waals surface area contributed by atoms with E-state index in [9.17, 15) is 8.42 Å². The fourth-order valence-electron chi connectivity index (χ4n) is 1.25. The Morgan fingerprint density at radius 3 is 2.62 bits per heavy atom. The van der Waals surface area contributed by atoms with E-state index in [4.69, 9.17) is 10.7 Å². The number of aromatic amines is 1. The summed E-state index contributed by atoms with van der Waals surface area (Å²) < 4.78 is 22.1. The lowest BCUT2D eigenvalue weighted by molar-refractivity contribution is 0.610. The van der Waals surface area contributed by atoms with Gasteiger partial charge in [-0.2, -0.15) is 0 Å². The molecule has 0 fully saturated rings. The fraction of sp³-hybridized carbons (Fsp3) is 0. The maximum Gasteiger partial charge on any atom is 0.263 e. The normalized spacial score (nSPS) is 12.1. The van der Waals surface area contributed by atoms with Crippen LogP contribution in [0.5, 0.6) is 0 Å². The van der Waals surface area contributed by atoms with E-state index in [1.54, 1.807) is 18.2 Å². The fourth-order valence-corrected chi connectivity index (χ4v) is 2.27. The monoisotopic (exact) mass is 215 g/mol. The van der Waals surface area contributed by atoms with Crippen LogP contribution in [0.1, 0.15) is 0 Å². The summed E-state index contributed by atoms with van der Waals surface area (Å²) in [6.07, 6.45) is 1.40. The molecule has 1 aromatic carbocycles. The largest absolute Gasteiger partial charge is 0.360 e. The van der Waals surface area contributed by atoms with Crippen molar-refractivity contribution in [1.82, 2.24) is 4.98 Å². The molecule has 3 nitrogen and oxygen atoms in total. The molecule has 1 N–H and O–H groups in total. The summed E-state index contributed by atoms with van der Waals surface area (Å²) in [5, 5.41) is 0.623. The van der Waals surface area contributed by atoms with Crippen molar-refractivity contribution in [3.05, 3.63) is 30.5 Å². The number of nitrogens with one attached hydrogen (secondary N) is 1. The summed E-state index contributed by atoms with van der Waals surface area (Å²) in [5.74, 6) is 0. The van der Waals surface area contributed by atoms with Crippen LogP contribution >= 0.6 is 10.7 Å². The smallest absolute Gasteiger partial charge is 0.263 e. The molecule has 2 rings (SSSR count). The highest BCUT2D eigenvalue weighted by atomic mass is 35.7. The number of hydrogen-bond acceptors (Lipinski definition) is 2. The van der Waals surface area contributed by atoms with Gasteiger partial charge in [0.1, 0.15) is 4.90 Å². The summed E-state index contributed by atoms with van der Waals surface area (Å²) in [4.78, 5) is 2.96. The number of para-hydroxylation sites is 1. The minimum atomic E-state index is -3.65. The van der Waals surface area contributed by atoms with Gasteiger partial charge in [-0.05, 0) is 6.07 Å². The maximum absolute atomic E-state index is 11.1. The summed E-state index contributed by atoms with van der Waals surface area (Å²) in [5.41, 5.74) is 0.765. The highest BCUT2D eigenvalue weighted by Gasteiger charge is 2.14. The van der Waals surface area contributed by atoms with E-state index in [-0.39, 0.29) is 4.90 Å². The van der Waals surface area contributed by atoms with Gasteiger partial charge in [0.25, 0.3) is 9.05 Å². The molecular formula is C8H6ClNO2S. The zero-order chi connectivity index (χ0) is 9.47. The second-order valence-electron chi connectivity index (χ2n) is 2.64. The molecule has 0 aliphatic rings. The van der Waals surface area contributed by atoms with Gasteiger partial charge in [0, 0.05) is 27.8 Å². The average Bonchev–Trinajstić information content (AvgIpc) is 2.45. The Balaban J connectivity index is 2.87. The molecule has 5 heteroatoms. The highest BCUT2D eigenvalue weighted by Crippen LogP contribution is 2.24. The molecule has 0 amide bonds. The third kappa shape index (κ3) is 1.43. The van der Waals surface area contributed by atoms with Crippen molar-refractivity contribution < 1.29 is 8.42 Å². The minimum absolute atomic E-state index is 0.129. The van der Waals surface area contributed by atoms with Crippen molar-refractivity contribution in [3.63, 3.8) is 0 Å². The van der Waals surface area contributed by atoms with Crippen LogP contribution in [0.2, 0.25) is 0 Å². The Morgan fingerprint density at radius 1 is 1.23 bits per heavy atom. The number of aromatic nitrogens is 1. The van der Waals surface area contributed by atoms with E-state index >= 15 is 0 Å². The number of benzene rings is 1. The number of fused-ring (bicyclic) bond motifs is 1. The molecular weight excluding hydrogens is 210 g/mol. The third-order valence-electron chi connectivity index (χ3n) is 1.81. The quantitative estimate of drug-likeness (QED) is 0.741. The SMILES string of the molecule is O=S(=O)(Cl)c1c[nH]c2ccccc12. The molecule has 68 valence electrons. The second kappa shape index (κ2) is 2.75. The van der Waals surface area contributed by atoms with Gasteiger partial charge in [-0.3, -0.25) is 0 Å². The molecule has 0 saturated heterocycles. The molecule has 0 aliphatic carbocycles. The molecule has 1 aromatic heterocycles. The van der Waals surface area contributed by atoms with E-state index in [0.29, 0.717) is 5.39 Å². The van der Waals surface area contributed by atoms with Gasteiger partial charge in [-0.1, -0.05) is 18.2 Å². The van der Waals surface area contributed by atoms with Crippen molar-refractivity contribution in [1.29, 1.82) is 0 Å². The molecule has 1 heterocycles.